The monoisotopic (exact) mass is 210 g/mol. The van der Waals surface area contributed by atoms with Crippen molar-refractivity contribution in [3.8, 4) is 5.75 Å². The van der Waals surface area contributed by atoms with Crippen molar-refractivity contribution in [3.05, 3.63) is 72.3 Å². The summed E-state index contributed by atoms with van der Waals surface area (Å²) in [5.74, 6) is 0.876. The van der Waals surface area contributed by atoms with Gasteiger partial charge in [-0.2, -0.15) is 0 Å². The number of hydrogen-bond donors (Lipinski definition) is 0. The number of ether oxygens (including phenoxy) is 1. The summed E-state index contributed by atoms with van der Waals surface area (Å²) in [7, 11) is 0. The van der Waals surface area contributed by atoms with Crippen LogP contribution in [0.2, 0.25) is 0 Å². The average molecular weight is 210 g/mol. The van der Waals surface area contributed by atoms with Gasteiger partial charge in [-0.1, -0.05) is 55.1 Å². The molecule has 16 heavy (non-hydrogen) atoms. The molecule has 2 rings (SSSR count). The second-order valence-corrected chi connectivity index (χ2v) is 3.55. The quantitative estimate of drug-likeness (QED) is 0.743. The molecule has 0 aromatic heterocycles. The molecule has 0 aliphatic rings. The van der Waals surface area contributed by atoms with Crippen LogP contribution in [0.1, 0.15) is 11.1 Å². The normalized spacial score (nSPS) is 9.75. The zero-order valence-electron chi connectivity index (χ0n) is 9.10. The molecule has 0 atom stereocenters. The number of benzene rings is 2. The lowest BCUT2D eigenvalue weighted by atomic mass is 10.2. The summed E-state index contributed by atoms with van der Waals surface area (Å²) < 4.78 is 5.69. The fraction of sp³-hybridized carbons (Fsp3) is 0.0667. The van der Waals surface area contributed by atoms with E-state index in [0.29, 0.717) is 6.61 Å². The number of hydrogen-bond acceptors (Lipinski definition) is 1. The van der Waals surface area contributed by atoms with Gasteiger partial charge < -0.3 is 4.74 Å². The molecule has 0 bridgehead atoms. The highest BCUT2D eigenvalue weighted by Gasteiger charge is 1.95. The molecule has 0 spiro atoms. The summed E-state index contributed by atoms with van der Waals surface area (Å²) in [6, 6.07) is 18.0. The van der Waals surface area contributed by atoms with E-state index in [1.165, 1.54) is 5.56 Å². The Kier molecular flexibility index (Phi) is 3.39. The second kappa shape index (κ2) is 5.17. The Morgan fingerprint density at radius 3 is 2.56 bits per heavy atom. The van der Waals surface area contributed by atoms with E-state index in [1.54, 1.807) is 0 Å². The van der Waals surface area contributed by atoms with Crippen LogP contribution in [0.25, 0.3) is 6.08 Å². The Hall–Kier alpha value is -2.02. The molecule has 0 N–H and O–H groups in total. The molecule has 0 aliphatic heterocycles. The van der Waals surface area contributed by atoms with Gasteiger partial charge in [0, 0.05) is 0 Å². The molecule has 2 aromatic carbocycles. The van der Waals surface area contributed by atoms with Crippen molar-refractivity contribution in [2.45, 2.75) is 6.61 Å². The van der Waals surface area contributed by atoms with Crippen molar-refractivity contribution < 1.29 is 4.74 Å². The Morgan fingerprint density at radius 2 is 1.81 bits per heavy atom. The van der Waals surface area contributed by atoms with Gasteiger partial charge in [0.2, 0.25) is 0 Å². The first-order valence-corrected chi connectivity index (χ1v) is 5.28. The van der Waals surface area contributed by atoms with Gasteiger partial charge in [0.25, 0.3) is 0 Å². The molecule has 1 heteroatoms. The van der Waals surface area contributed by atoms with E-state index in [4.69, 9.17) is 4.74 Å². The maximum Gasteiger partial charge on any atom is 0.120 e. The largest absolute Gasteiger partial charge is 0.489 e. The minimum Gasteiger partial charge on any atom is -0.489 e. The molecule has 80 valence electrons. The molecular weight excluding hydrogens is 196 g/mol. The molecule has 0 fully saturated rings. The lowest BCUT2D eigenvalue weighted by Gasteiger charge is -2.06. The Bertz CT molecular complexity index is 460. The SMILES string of the molecule is C=Cc1cccc(OCc2ccccc2)c1. The van der Waals surface area contributed by atoms with Crippen molar-refractivity contribution in [3.63, 3.8) is 0 Å². The van der Waals surface area contributed by atoms with Crippen LogP contribution in [0, 0.1) is 0 Å². The van der Waals surface area contributed by atoms with Crippen LogP contribution in [-0.4, -0.2) is 0 Å². The third-order valence-electron chi connectivity index (χ3n) is 2.34. The van der Waals surface area contributed by atoms with Crippen molar-refractivity contribution >= 4 is 6.08 Å². The van der Waals surface area contributed by atoms with E-state index >= 15 is 0 Å². The highest BCUT2D eigenvalue weighted by molar-refractivity contribution is 5.49. The van der Waals surface area contributed by atoms with Gasteiger partial charge in [-0.15, -0.1) is 0 Å². The van der Waals surface area contributed by atoms with Crippen LogP contribution in [0.3, 0.4) is 0 Å². The van der Waals surface area contributed by atoms with E-state index in [1.807, 2.05) is 48.5 Å². The molecule has 0 aliphatic carbocycles. The zero-order valence-corrected chi connectivity index (χ0v) is 9.10. The third kappa shape index (κ3) is 2.74. The lowest BCUT2D eigenvalue weighted by molar-refractivity contribution is 0.306. The molecule has 1 nitrogen and oxygen atoms in total. The van der Waals surface area contributed by atoms with E-state index < -0.39 is 0 Å². The molecular formula is C15H14O. The first kappa shape index (κ1) is 10.5. The minimum atomic E-state index is 0.599. The van der Waals surface area contributed by atoms with Gasteiger partial charge in [0.15, 0.2) is 0 Å². The highest BCUT2D eigenvalue weighted by atomic mass is 16.5. The Labute approximate surface area is 96.0 Å². The minimum absolute atomic E-state index is 0.599. The first-order chi connectivity index (χ1) is 7.88. The fourth-order valence-electron chi connectivity index (χ4n) is 1.47. The second-order valence-electron chi connectivity index (χ2n) is 3.55. The summed E-state index contributed by atoms with van der Waals surface area (Å²) >= 11 is 0. The molecule has 0 unspecified atom stereocenters. The van der Waals surface area contributed by atoms with Crippen molar-refractivity contribution in [2.75, 3.05) is 0 Å². The highest BCUT2D eigenvalue weighted by Crippen LogP contribution is 2.15. The standard InChI is InChI=1S/C15H14O/c1-2-13-9-6-10-15(11-13)16-12-14-7-4-3-5-8-14/h2-11H,1,12H2. The van der Waals surface area contributed by atoms with Crippen molar-refractivity contribution in [1.29, 1.82) is 0 Å². The fourth-order valence-corrected chi connectivity index (χ4v) is 1.47. The van der Waals surface area contributed by atoms with E-state index in [2.05, 4.69) is 18.7 Å². The first-order valence-electron chi connectivity index (χ1n) is 5.28. The average Bonchev–Trinajstić information content (AvgIpc) is 2.38. The van der Waals surface area contributed by atoms with Gasteiger partial charge in [0.1, 0.15) is 12.4 Å². The van der Waals surface area contributed by atoms with Crippen LogP contribution < -0.4 is 4.74 Å². The molecule has 0 amide bonds. The van der Waals surface area contributed by atoms with Crippen molar-refractivity contribution in [1.82, 2.24) is 0 Å². The Morgan fingerprint density at radius 1 is 1.00 bits per heavy atom. The topological polar surface area (TPSA) is 9.23 Å². The summed E-state index contributed by atoms with van der Waals surface area (Å²) in [6.45, 7) is 4.33. The maximum absolute atomic E-state index is 5.69. The van der Waals surface area contributed by atoms with E-state index in [-0.39, 0.29) is 0 Å². The lowest BCUT2D eigenvalue weighted by Crippen LogP contribution is -1.94. The predicted octanol–water partition coefficient (Wildman–Crippen LogP) is 3.91. The molecule has 2 aromatic rings. The summed E-state index contributed by atoms with van der Waals surface area (Å²) in [5, 5.41) is 0. The van der Waals surface area contributed by atoms with Gasteiger partial charge in [-0.25, -0.2) is 0 Å². The van der Waals surface area contributed by atoms with Gasteiger partial charge in [-0.05, 0) is 23.3 Å². The smallest absolute Gasteiger partial charge is 0.120 e. The molecule has 0 radical (unpaired) electrons. The predicted molar refractivity (Wildman–Crippen MR) is 67.3 cm³/mol. The zero-order chi connectivity index (χ0) is 11.2. The van der Waals surface area contributed by atoms with E-state index in [0.717, 1.165) is 11.3 Å². The van der Waals surface area contributed by atoms with Crippen molar-refractivity contribution in [2.24, 2.45) is 0 Å². The van der Waals surface area contributed by atoms with Gasteiger partial charge >= 0.3 is 0 Å². The summed E-state index contributed by atoms with van der Waals surface area (Å²) in [6.07, 6.45) is 1.81. The molecule has 0 saturated heterocycles. The molecule has 0 saturated carbocycles. The van der Waals surface area contributed by atoms with Crippen LogP contribution in [0.4, 0.5) is 0 Å². The third-order valence-corrected chi connectivity index (χ3v) is 2.34. The maximum atomic E-state index is 5.69. The van der Waals surface area contributed by atoms with Crippen LogP contribution >= 0.6 is 0 Å². The van der Waals surface area contributed by atoms with Gasteiger partial charge in [-0.3, -0.25) is 0 Å². The van der Waals surface area contributed by atoms with Gasteiger partial charge in [0.05, 0.1) is 0 Å². The van der Waals surface area contributed by atoms with Crippen LogP contribution in [0.15, 0.2) is 61.2 Å². The van der Waals surface area contributed by atoms with Crippen LogP contribution in [0.5, 0.6) is 5.75 Å². The molecule has 0 heterocycles. The summed E-state index contributed by atoms with van der Waals surface area (Å²) in [4.78, 5) is 0. The van der Waals surface area contributed by atoms with E-state index in [9.17, 15) is 0 Å². The Balaban J connectivity index is 2.02. The number of rotatable bonds is 4. The van der Waals surface area contributed by atoms with Crippen LogP contribution in [-0.2, 0) is 6.61 Å². The summed E-state index contributed by atoms with van der Waals surface area (Å²) in [5.41, 5.74) is 2.25.